The van der Waals surface area contributed by atoms with Gasteiger partial charge in [0, 0.05) is 60.3 Å². The number of benzene rings is 12. The fourth-order valence-electron chi connectivity index (χ4n) is 14.6. The maximum absolute atomic E-state index is 5.76. The molecule has 1 aliphatic rings. The summed E-state index contributed by atoms with van der Waals surface area (Å²) >= 11 is 0. The third-order valence-corrected chi connectivity index (χ3v) is 18.6. The zero-order chi connectivity index (χ0) is 59.9. The third-order valence-electron chi connectivity index (χ3n) is 18.6. The summed E-state index contributed by atoms with van der Waals surface area (Å²) in [5, 5.41) is 6.86. The van der Waals surface area contributed by atoms with E-state index in [0.717, 1.165) is 130 Å². The van der Waals surface area contributed by atoms with Crippen molar-refractivity contribution >= 4 is 65.4 Å². The van der Waals surface area contributed by atoms with Gasteiger partial charge in [-0.3, -0.25) is 9.13 Å². The van der Waals surface area contributed by atoms with Crippen molar-refractivity contribution < 1.29 is 0 Å². The quantitative estimate of drug-likeness (QED) is 0.136. The van der Waals surface area contributed by atoms with Gasteiger partial charge in [0.2, 0.25) is 11.9 Å². The summed E-state index contributed by atoms with van der Waals surface area (Å²) in [6.07, 6.45) is 2.73. The van der Waals surface area contributed by atoms with Crippen LogP contribution in [0.5, 0.6) is 0 Å². The number of rotatable bonds is 10. The first-order valence-electron chi connectivity index (χ1n) is 31.3. The van der Waals surface area contributed by atoms with Gasteiger partial charge in [-0.1, -0.05) is 249 Å². The summed E-state index contributed by atoms with van der Waals surface area (Å²) in [6, 6.07) is 106. The fraction of sp³-hybridized carbons (Fsp3) is 0.0482. The normalized spacial score (nSPS) is 13.1. The molecule has 0 bridgehead atoms. The Balaban J connectivity index is 0.903. The highest BCUT2D eigenvalue weighted by molar-refractivity contribution is 6.24. The van der Waals surface area contributed by atoms with Crippen molar-refractivity contribution in [2.75, 3.05) is 0 Å². The van der Waals surface area contributed by atoms with E-state index >= 15 is 0 Å². The zero-order valence-electron chi connectivity index (χ0n) is 49.6. The van der Waals surface area contributed by atoms with Crippen LogP contribution in [0.1, 0.15) is 29.0 Å². The molecule has 428 valence electrons. The van der Waals surface area contributed by atoms with Crippen LogP contribution in [0.2, 0.25) is 0 Å². The Bertz CT molecular complexity index is 5620. The second kappa shape index (κ2) is 21.5. The number of para-hydroxylation sites is 4. The van der Waals surface area contributed by atoms with Crippen molar-refractivity contribution in [2.24, 2.45) is 0 Å². The van der Waals surface area contributed by atoms with Crippen molar-refractivity contribution in [3.05, 3.63) is 314 Å². The predicted octanol–water partition coefficient (Wildman–Crippen LogP) is 20.2. The highest BCUT2D eigenvalue weighted by atomic mass is 15.2. The lowest BCUT2D eigenvalue weighted by molar-refractivity contribution is 0.629. The lowest BCUT2D eigenvalue weighted by Gasteiger charge is -2.19. The van der Waals surface area contributed by atoms with Crippen LogP contribution < -0.4 is 0 Å². The summed E-state index contributed by atoms with van der Waals surface area (Å²) in [5.41, 5.74) is 21.6. The molecule has 5 aromatic heterocycles. The molecule has 18 rings (SSSR count). The topological polar surface area (TPSA) is 79.2 Å². The van der Waals surface area contributed by atoms with E-state index in [9.17, 15) is 0 Å². The molecule has 91 heavy (non-hydrogen) atoms. The highest BCUT2D eigenvalue weighted by Gasteiger charge is 2.31. The van der Waals surface area contributed by atoms with E-state index in [1.165, 1.54) is 33.2 Å². The van der Waals surface area contributed by atoms with E-state index in [1.54, 1.807) is 0 Å². The summed E-state index contributed by atoms with van der Waals surface area (Å²) in [6.45, 7) is 0. The highest BCUT2D eigenvalue weighted by Crippen LogP contribution is 2.50. The zero-order valence-corrected chi connectivity index (χ0v) is 49.6. The minimum absolute atomic E-state index is 0.273. The second-order valence-electron chi connectivity index (χ2n) is 23.8. The molecule has 0 fully saturated rings. The van der Waals surface area contributed by atoms with Crippen LogP contribution in [0.4, 0.5) is 0 Å². The molecule has 0 saturated carbocycles. The molecule has 8 heteroatoms. The van der Waals surface area contributed by atoms with Crippen molar-refractivity contribution in [3.8, 4) is 85.1 Å². The molecular weight excluding hydrogens is 1110 g/mol. The molecule has 0 radical (unpaired) electrons. The minimum atomic E-state index is 0.273. The smallest absolute Gasteiger partial charge is 0.238 e. The number of hydrogen-bond acceptors (Lipinski definition) is 5. The number of aromatic nitrogens is 8. The van der Waals surface area contributed by atoms with Gasteiger partial charge in [-0.05, 0) is 113 Å². The molecule has 17 aromatic rings. The molecule has 1 unspecified atom stereocenters. The Labute approximate surface area is 525 Å². The molecule has 1 aliphatic carbocycles. The van der Waals surface area contributed by atoms with Crippen molar-refractivity contribution in [1.29, 1.82) is 0 Å². The average molecular weight is 1170 g/mol. The average Bonchev–Trinajstić information content (AvgIpc) is 1.58. The second-order valence-corrected chi connectivity index (χ2v) is 23.8. The van der Waals surface area contributed by atoms with Gasteiger partial charge in [0.15, 0.2) is 11.6 Å². The van der Waals surface area contributed by atoms with Crippen molar-refractivity contribution in [3.63, 3.8) is 0 Å². The Hall–Kier alpha value is -11.9. The van der Waals surface area contributed by atoms with Crippen LogP contribution in [0, 0.1) is 0 Å². The molecule has 12 aromatic carbocycles. The SMILES string of the molecule is c1ccc(CC2CCc3c(cc(-c4cccc(-c5cc(-c6ccccc6)nc(-n6c7ccccc7c7ccc8c9ccccc9n(-c9ccccc9)c8c76)n5)c4)c4c5ccccc5n(-c5nc(-c6ccccc6)nc(-c6ccccc6)n5)c34)-c3ccccc32)cc1. The number of fused-ring (bicyclic) bond motifs is 14. The maximum Gasteiger partial charge on any atom is 0.238 e. The van der Waals surface area contributed by atoms with Gasteiger partial charge in [0.25, 0.3) is 0 Å². The summed E-state index contributed by atoms with van der Waals surface area (Å²) < 4.78 is 7.07. The van der Waals surface area contributed by atoms with Gasteiger partial charge in [0.05, 0.1) is 44.5 Å². The van der Waals surface area contributed by atoms with E-state index in [0.29, 0.717) is 23.5 Å². The van der Waals surface area contributed by atoms with E-state index in [4.69, 9.17) is 24.9 Å². The molecule has 0 spiro atoms. The fourth-order valence-corrected chi connectivity index (χ4v) is 14.6. The molecule has 0 aliphatic heterocycles. The molecule has 8 nitrogen and oxygen atoms in total. The molecule has 1 atom stereocenters. The van der Waals surface area contributed by atoms with Gasteiger partial charge >= 0.3 is 0 Å². The first-order valence-corrected chi connectivity index (χ1v) is 31.3. The van der Waals surface area contributed by atoms with Gasteiger partial charge in [-0.15, -0.1) is 0 Å². The lowest BCUT2D eigenvalue weighted by Crippen LogP contribution is -2.08. The molecule has 0 saturated heterocycles. The van der Waals surface area contributed by atoms with Crippen LogP contribution in [0.3, 0.4) is 0 Å². The Morgan fingerprint density at radius 1 is 0.319 bits per heavy atom. The Morgan fingerprint density at radius 3 is 1.46 bits per heavy atom. The largest absolute Gasteiger partial charge is 0.307 e. The number of aryl methyl sites for hydroxylation is 1. The standard InChI is InChI=1S/C83H56N8/c1-6-25-53(26-7-1)49-58-45-46-67-70(62-38-17-16-37-61(58)62)51-69(76-68-41-20-23-44-75(68)90(77(67)76)83-87-80(55-29-10-3-11-30-55)86-81(88-83)56-31-12-4-13-32-56)57-33-24-34-59(50-57)72-52-71(54-27-8-2-9-28-54)84-82(85-72)91-74-43-22-19-40-64(74)66-48-47-65-63-39-18-21-42-73(63)89(78(65)79(66)91)60-35-14-5-15-36-60/h1-44,47-48,50-52,58H,45-46,49H2. The van der Waals surface area contributed by atoms with Crippen LogP contribution in [0.25, 0.3) is 151 Å². The van der Waals surface area contributed by atoms with Crippen molar-refractivity contribution in [2.45, 2.75) is 25.2 Å². The van der Waals surface area contributed by atoms with Gasteiger partial charge < -0.3 is 4.57 Å². The van der Waals surface area contributed by atoms with Crippen molar-refractivity contribution in [1.82, 2.24) is 38.6 Å². The van der Waals surface area contributed by atoms with Crippen LogP contribution in [-0.2, 0) is 12.8 Å². The van der Waals surface area contributed by atoms with E-state index in [-0.39, 0.29) is 5.92 Å². The lowest BCUT2D eigenvalue weighted by atomic mass is 9.86. The van der Waals surface area contributed by atoms with Crippen LogP contribution in [0.15, 0.2) is 297 Å². The Kier molecular flexibility index (Phi) is 12.3. The van der Waals surface area contributed by atoms with E-state index in [2.05, 4.69) is 275 Å². The predicted molar refractivity (Wildman–Crippen MR) is 372 cm³/mol. The van der Waals surface area contributed by atoms with E-state index in [1.807, 2.05) is 36.4 Å². The Morgan fingerprint density at radius 2 is 0.802 bits per heavy atom. The molecule has 0 amide bonds. The number of hydrogen-bond donors (Lipinski definition) is 0. The van der Waals surface area contributed by atoms with Gasteiger partial charge in [0.1, 0.15) is 0 Å². The van der Waals surface area contributed by atoms with Gasteiger partial charge in [-0.25, -0.2) is 15.0 Å². The molecular formula is C83H56N8. The minimum Gasteiger partial charge on any atom is -0.307 e. The van der Waals surface area contributed by atoms with Gasteiger partial charge in [-0.2, -0.15) is 9.97 Å². The summed E-state index contributed by atoms with van der Waals surface area (Å²) in [7, 11) is 0. The summed E-state index contributed by atoms with van der Waals surface area (Å²) in [5.74, 6) is 2.65. The van der Waals surface area contributed by atoms with E-state index < -0.39 is 0 Å². The first kappa shape index (κ1) is 52.3. The third kappa shape index (κ3) is 8.70. The van der Waals surface area contributed by atoms with Crippen LogP contribution >= 0.6 is 0 Å². The molecule has 5 heterocycles. The monoisotopic (exact) mass is 1160 g/mol. The molecule has 0 N–H and O–H groups in total. The van der Waals surface area contributed by atoms with Crippen LogP contribution in [-0.4, -0.2) is 38.6 Å². The number of nitrogens with zero attached hydrogens (tertiary/aromatic N) is 8. The summed E-state index contributed by atoms with van der Waals surface area (Å²) in [4.78, 5) is 27.5. The first-order chi connectivity index (χ1) is 45.1. The maximum atomic E-state index is 5.76.